The number of hydrogen-bond acceptors (Lipinski definition) is 4. The van der Waals surface area contributed by atoms with Crippen LogP contribution in [0.2, 0.25) is 0 Å². The van der Waals surface area contributed by atoms with Crippen molar-refractivity contribution in [3.05, 3.63) is 29.8 Å². The second-order valence-electron chi connectivity index (χ2n) is 4.66. The second kappa shape index (κ2) is 6.51. The Morgan fingerprint density at radius 1 is 1.45 bits per heavy atom. The third-order valence-electron chi connectivity index (χ3n) is 3.14. The Kier molecular flexibility index (Phi) is 4.95. The zero-order valence-electron chi connectivity index (χ0n) is 11.1. The van der Waals surface area contributed by atoms with Crippen LogP contribution in [-0.4, -0.2) is 43.2 Å². The molecule has 7 heteroatoms. The zero-order valence-corrected chi connectivity index (χ0v) is 12.8. The minimum Gasteiger partial charge on any atom is -0.494 e. The average molecular weight is 314 g/mol. The maximum absolute atomic E-state index is 11.6. The molecule has 0 amide bonds. The zero-order chi connectivity index (χ0) is 14.6. The fraction of sp³-hybridized carbons (Fsp3) is 0.462. The number of ether oxygens (including phenoxy) is 1. The quantitative estimate of drug-likeness (QED) is 0.629. The van der Waals surface area contributed by atoms with E-state index in [2.05, 4.69) is 0 Å². The smallest absolute Gasteiger partial charge is 0.214 e. The van der Waals surface area contributed by atoms with Crippen LogP contribution in [0.15, 0.2) is 24.3 Å². The minimum absolute atomic E-state index is 0.268. The van der Waals surface area contributed by atoms with Gasteiger partial charge in [0.1, 0.15) is 10.7 Å². The molecule has 0 aromatic heterocycles. The van der Waals surface area contributed by atoms with Crippen LogP contribution < -0.4 is 10.5 Å². The van der Waals surface area contributed by atoms with E-state index in [4.69, 9.17) is 22.7 Å². The summed E-state index contributed by atoms with van der Waals surface area (Å²) in [5.74, 6) is 0.962. The monoisotopic (exact) mass is 314 g/mol. The summed E-state index contributed by atoms with van der Waals surface area (Å²) in [4.78, 5) is 0.332. The van der Waals surface area contributed by atoms with Crippen molar-refractivity contribution >= 4 is 27.2 Å². The molecule has 2 rings (SSSR count). The Labute approximate surface area is 124 Å². The number of nitrogens with zero attached hydrogens (tertiary/aromatic N) is 1. The fourth-order valence-electron chi connectivity index (χ4n) is 2.11. The van der Waals surface area contributed by atoms with Gasteiger partial charge in [-0.3, -0.25) is 0 Å². The SMILES string of the molecule is NC(=S)c1cccc(OCCCN2CCCS2(=O)=O)c1. The van der Waals surface area contributed by atoms with Gasteiger partial charge in [0.05, 0.1) is 12.4 Å². The molecule has 5 nitrogen and oxygen atoms in total. The van der Waals surface area contributed by atoms with Crippen molar-refractivity contribution in [3.8, 4) is 5.75 Å². The van der Waals surface area contributed by atoms with Crippen molar-refractivity contribution in [2.75, 3.05) is 25.4 Å². The summed E-state index contributed by atoms with van der Waals surface area (Å²) in [5, 5.41) is 0. The number of sulfonamides is 1. The molecule has 0 atom stereocenters. The van der Waals surface area contributed by atoms with Crippen molar-refractivity contribution in [1.82, 2.24) is 4.31 Å². The Balaban J connectivity index is 1.79. The van der Waals surface area contributed by atoms with Crippen molar-refractivity contribution in [3.63, 3.8) is 0 Å². The lowest BCUT2D eigenvalue weighted by Crippen LogP contribution is -2.27. The Morgan fingerprint density at radius 2 is 2.25 bits per heavy atom. The standard InChI is InChI=1S/C13H18N2O3S2/c14-13(19)11-4-1-5-12(10-11)18-8-2-6-15-7-3-9-20(15,16)17/h1,4-5,10H,2-3,6-9H2,(H2,14,19). The molecule has 2 N–H and O–H groups in total. The van der Waals surface area contributed by atoms with Gasteiger partial charge in [0.15, 0.2) is 0 Å². The molecule has 20 heavy (non-hydrogen) atoms. The average Bonchev–Trinajstić information content (AvgIpc) is 2.74. The maximum atomic E-state index is 11.6. The van der Waals surface area contributed by atoms with Crippen molar-refractivity contribution < 1.29 is 13.2 Å². The van der Waals surface area contributed by atoms with Crippen molar-refractivity contribution in [2.45, 2.75) is 12.8 Å². The summed E-state index contributed by atoms with van der Waals surface area (Å²) in [6, 6.07) is 7.27. The molecule has 0 radical (unpaired) electrons. The molecule has 0 saturated carbocycles. The van der Waals surface area contributed by atoms with Crippen LogP contribution in [-0.2, 0) is 10.0 Å². The summed E-state index contributed by atoms with van der Waals surface area (Å²) in [7, 11) is -3.01. The first-order chi connectivity index (χ1) is 9.49. The highest BCUT2D eigenvalue weighted by Crippen LogP contribution is 2.15. The molecule has 1 saturated heterocycles. The fourth-order valence-corrected chi connectivity index (χ4v) is 3.81. The summed E-state index contributed by atoms with van der Waals surface area (Å²) >= 11 is 4.90. The van der Waals surface area contributed by atoms with Gasteiger partial charge in [0.25, 0.3) is 0 Å². The number of thiocarbonyl (C=S) groups is 1. The Hall–Kier alpha value is -1.18. The van der Waals surface area contributed by atoms with Crippen LogP contribution in [0.5, 0.6) is 5.75 Å². The molecule has 0 aliphatic carbocycles. The first kappa shape index (κ1) is 15.2. The van der Waals surface area contributed by atoms with E-state index >= 15 is 0 Å². The normalized spacial score (nSPS) is 18.0. The van der Waals surface area contributed by atoms with Crippen LogP contribution >= 0.6 is 12.2 Å². The largest absolute Gasteiger partial charge is 0.494 e. The summed E-state index contributed by atoms with van der Waals surface area (Å²) < 4.78 is 30.3. The van der Waals surface area contributed by atoms with Gasteiger partial charge in [-0.25, -0.2) is 12.7 Å². The van der Waals surface area contributed by atoms with Gasteiger partial charge in [-0.15, -0.1) is 0 Å². The molecule has 1 aliphatic rings. The predicted octanol–water partition coefficient (Wildman–Crippen LogP) is 1.13. The van der Waals surface area contributed by atoms with Gasteiger partial charge in [-0.05, 0) is 25.0 Å². The lowest BCUT2D eigenvalue weighted by molar-refractivity contribution is 0.292. The lowest BCUT2D eigenvalue weighted by atomic mass is 10.2. The van der Waals surface area contributed by atoms with Crippen LogP contribution in [0.4, 0.5) is 0 Å². The van der Waals surface area contributed by atoms with Crippen molar-refractivity contribution in [2.24, 2.45) is 5.73 Å². The summed E-state index contributed by atoms with van der Waals surface area (Å²) in [5.41, 5.74) is 6.32. The molecular weight excluding hydrogens is 296 g/mol. The first-order valence-corrected chi connectivity index (χ1v) is 8.51. The molecule has 1 aromatic rings. The van der Waals surface area contributed by atoms with Crippen LogP contribution in [0, 0.1) is 0 Å². The molecular formula is C13H18N2O3S2. The maximum Gasteiger partial charge on any atom is 0.214 e. The summed E-state index contributed by atoms with van der Waals surface area (Å²) in [6.07, 6.45) is 1.38. The molecule has 1 heterocycles. The summed E-state index contributed by atoms with van der Waals surface area (Å²) in [6.45, 7) is 1.60. The molecule has 0 unspecified atom stereocenters. The van der Waals surface area contributed by atoms with Crippen LogP contribution in [0.25, 0.3) is 0 Å². The molecule has 1 aromatic carbocycles. The third kappa shape index (κ3) is 3.91. The van der Waals surface area contributed by atoms with Gasteiger partial charge in [-0.1, -0.05) is 24.4 Å². The molecule has 0 spiro atoms. The van der Waals surface area contributed by atoms with E-state index in [1.807, 2.05) is 18.2 Å². The molecule has 1 aliphatic heterocycles. The topological polar surface area (TPSA) is 72.6 Å². The highest BCUT2D eigenvalue weighted by Gasteiger charge is 2.27. The molecule has 110 valence electrons. The second-order valence-corrected chi connectivity index (χ2v) is 7.19. The van der Waals surface area contributed by atoms with E-state index < -0.39 is 10.0 Å². The lowest BCUT2D eigenvalue weighted by Gasteiger charge is -2.14. The molecule has 1 fully saturated rings. The van der Waals surface area contributed by atoms with Crippen LogP contribution in [0.1, 0.15) is 18.4 Å². The Morgan fingerprint density at radius 3 is 2.90 bits per heavy atom. The number of hydrogen-bond donors (Lipinski definition) is 1. The van der Waals surface area contributed by atoms with E-state index in [9.17, 15) is 8.42 Å². The van der Waals surface area contributed by atoms with E-state index in [0.717, 1.165) is 12.0 Å². The van der Waals surface area contributed by atoms with E-state index in [1.165, 1.54) is 4.31 Å². The first-order valence-electron chi connectivity index (χ1n) is 6.49. The van der Waals surface area contributed by atoms with Gasteiger partial charge >= 0.3 is 0 Å². The van der Waals surface area contributed by atoms with Crippen molar-refractivity contribution in [1.29, 1.82) is 0 Å². The van der Waals surface area contributed by atoms with E-state index in [-0.39, 0.29) is 5.75 Å². The van der Waals surface area contributed by atoms with Gasteiger partial charge in [0.2, 0.25) is 10.0 Å². The Bertz CT molecular complexity index is 587. The van der Waals surface area contributed by atoms with Gasteiger partial charge < -0.3 is 10.5 Å². The highest BCUT2D eigenvalue weighted by molar-refractivity contribution is 7.89. The number of benzene rings is 1. The van der Waals surface area contributed by atoms with Crippen LogP contribution in [0.3, 0.4) is 0 Å². The number of nitrogens with two attached hydrogens (primary N) is 1. The van der Waals surface area contributed by atoms with Gasteiger partial charge in [0, 0.05) is 18.7 Å². The predicted molar refractivity (Wildman–Crippen MR) is 82.4 cm³/mol. The van der Waals surface area contributed by atoms with E-state index in [1.54, 1.807) is 6.07 Å². The minimum atomic E-state index is -3.01. The highest BCUT2D eigenvalue weighted by atomic mass is 32.2. The van der Waals surface area contributed by atoms with E-state index in [0.29, 0.717) is 36.9 Å². The number of rotatable bonds is 6. The third-order valence-corrected chi connectivity index (χ3v) is 5.33. The van der Waals surface area contributed by atoms with Gasteiger partial charge in [-0.2, -0.15) is 0 Å². The molecule has 0 bridgehead atoms.